The number of fused-ring (bicyclic) bond motifs is 1. The predicted octanol–water partition coefficient (Wildman–Crippen LogP) is 4.36. The quantitative estimate of drug-likeness (QED) is 0.429. The van der Waals surface area contributed by atoms with Gasteiger partial charge in [0.15, 0.2) is 0 Å². The van der Waals surface area contributed by atoms with Crippen LogP contribution >= 0.6 is 11.6 Å². The number of hydrazone groups is 1. The molecule has 0 aliphatic rings. The summed E-state index contributed by atoms with van der Waals surface area (Å²) in [5.74, 6) is -0.507. The van der Waals surface area contributed by atoms with Gasteiger partial charge in [-0.15, -0.1) is 0 Å². The SMILES string of the molecule is O=C(N/N=C/c1ccc(/C=C/CCO)c2ccccc12)c1ccc(O)c(Cl)c1. The first kappa shape index (κ1) is 19.6. The summed E-state index contributed by atoms with van der Waals surface area (Å²) in [7, 11) is 0. The highest BCUT2D eigenvalue weighted by Crippen LogP contribution is 2.24. The molecule has 0 unspecified atom stereocenters. The molecule has 0 radical (unpaired) electrons. The van der Waals surface area contributed by atoms with Crippen LogP contribution in [0.15, 0.2) is 65.8 Å². The lowest BCUT2D eigenvalue weighted by Gasteiger charge is -2.06. The van der Waals surface area contributed by atoms with E-state index in [1.807, 2.05) is 48.6 Å². The summed E-state index contributed by atoms with van der Waals surface area (Å²) in [5.41, 5.74) is 4.67. The summed E-state index contributed by atoms with van der Waals surface area (Å²) in [6, 6.07) is 16.0. The van der Waals surface area contributed by atoms with E-state index in [-0.39, 0.29) is 17.4 Å². The molecule has 5 nitrogen and oxygen atoms in total. The standard InChI is InChI=1S/C22H19ClN2O3/c23-20-13-16(10-11-21(20)27)22(28)25-24-14-17-9-8-15(5-3-4-12-26)18-6-1-2-7-19(17)18/h1-3,5-11,13-14,26-27H,4,12H2,(H,25,28)/b5-3+,24-14+. The lowest BCUT2D eigenvalue weighted by molar-refractivity contribution is 0.0955. The number of amides is 1. The summed E-state index contributed by atoms with van der Waals surface area (Å²) < 4.78 is 0. The number of aliphatic hydroxyl groups is 1. The Kier molecular flexibility index (Phi) is 6.42. The summed E-state index contributed by atoms with van der Waals surface area (Å²) >= 11 is 5.83. The number of aliphatic hydroxyl groups excluding tert-OH is 1. The Morgan fingerprint density at radius 1 is 1.07 bits per heavy atom. The maximum atomic E-state index is 12.2. The van der Waals surface area contributed by atoms with Gasteiger partial charge in [-0.25, -0.2) is 5.43 Å². The van der Waals surface area contributed by atoms with Crippen molar-refractivity contribution in [3.63, 3.8) is 0 Å². The number of benzene rings is 3. The van der Waals surface area contributed by atoms with Crippen LogP contribution in [0.2, 0.25) is 5.02 Å². The van der Waals surface area contributed by atoms with Crippen molar-refractivity contribution < 1.29 is 15.0 Å². The van der Waals surface area contributed by atoms with Gasteiger partial charge in [-0.3, -0.25) is 4.79 Å². The largest absolute Gasteiger partial charge is 0.506 e. The molecule has 0 spiro atoms. The molecule has 0 saturated heterocycles. The zero-order valence-electron chi connectivity index (χ0n) is 15.0. The van der Waals surface area contributed by atoms with Crippen molar-refractivity contribution in [3.8, 4) is 5.75 Å². The maximum absolute atomic E-state index is 12.2. The smallest absolute Gasteiger partial charge is 0.271 e. The zero-order chi connectivity index (χ0) is 19.9. The number of carbonyl (C=O) groups is 1. The molecule has 3 N–H and O–H groups in total. The summed E-state index contributed by atoms with van der Waals surface area (Å²) in [5, 5.41) is 24.6. The second-order valence-electron chi connectivity index (χ2n) is 6.07. The van der Waals surface area contributed by atoms with E-state index in [1.165, 1.54) is 18.2 Å². The molecule has 0 fully saturated rings. The third-order valence-corrected chi connectivity index (χ3v) is 4.47. The lowest BCUT2D eigenvalue weighted by Crippen LogP contribution is -2.17. The van der Waals surface area contributed by atoms with E-state index in [2.05, 4.69) is 10.5 Å². The highest BCUT2D eigenvalue weighted by atomic mass is 35.5. The Labute approximate surface area is 167 Å². The van der Waals surface area contributed by atoms with E-state index < -0.39 is 5.91 Å². The Morgan fingerprint density at radius 3 is 2.50 bits per heavy atom. The molecular formula is C22H19ClN2O3. The highest BCUT2D eigenvalue weighted by Gasteiger charge is 2.07. The van der Waals surface area contributed by atoms with Crippen LogP contribution in [-0.4, -0.2) is 28.9 Å². The number of phenolic OH excluding ortho intramolecular Hbond substituents is 1. The topological polar surface area (TPSA) is 81.9 Å². The normalized spacial score (nSPS) is 11.5. The van der Waals surface area contributed by atoms with Crippen LogP contribution in [0, 0.1) is 0 Å². The van der Waals surface area contributed by atoms with Gasteiger partial charge in [-0.05, 0) is 41.0 Å². The molecular weight excluding hydrogens is 376 g/mol. The van der Waals surface area contributed by atoms with E-state index in [0.29, 0.717) is 12.0 Å². The second kappa shape index (κ2) is 9.17. The molecule has 28 heavy (non-hydrogen) atoms. The first-order valence-corrected chi connectivity index (χ1v) is 9.09. The van der Waals surface area contributed by atoms with E-state index >= 15 is 0 Å². The fourth-order valence-electron chi connectivity index (χ4n) is 2.76. The highest BCUT2D eigenvalue weighted by molar-refractivity contribution is 6.32. The average molecular weight is 395 g/mol. The Balaban J connectivity index is 1.81. The van der Waals surface area contributed by atoms with Crippen molar-refractivity contribution in [1.29, 1.82) is 0 Å². The fourth-order valence-corrected chi connectivity index (χ4v) is 2.94. The third kappa shape index (κ3) is 4.57. The molecule has 1 amide bonds. The lowest BCUT2D eigenvalue weighted by atomic mass is 9.99. The third-order valence-electron chi connectivity index (χ3n) is 4.16. The summed E-state index contributed by atoms with van der Waals surface area (Å²) in [6.45, 7) is 0.116. The molecule has 0 saturated carbocycles. The zero-order valence-corrected chi connectivity index (χ0v) is 15.7. The van der Waals surface area contributed by atoms with Crippen LogP contribution in [0.5, 0.6) is 5.75 Å². The molecule has 3 aromatic rings. The molecule has 142 valence electrons. The molecule has 0 aliphatic heterocycles. The van der Waals surface area contributed by atoms with Crippen molar-refractivity contribution >= 4 is 40.6 Å². The van der Waals surface area contributed by atoms with Crippen LogP contribution in [0.3, 0.4) is 0 Å². The van der Waals surface area contributed by atoms with Crippen molar-refractivity contribution in [2.75, 3.05) is 6.61 Å². The second-order valence-corrected chi connectivity index (χ2v) is 6.48. The summed E-state index contributed by atoms with van der Waals surface area (Å²) in [6.07, 6.45) is 6.10. The molecule has 0 heterocycles. The van der Waals surface area contributed by atoms with Gasteiger partial charge in [0.2, 0.25) is 0 Å². The van der Waals surface area contributed by atoms with E-state index in [0.717, 1.165) is 21.9 Å². The minimum atomic E-state index is -0.425. The number of phenols is 1. The fraction of sp³-hybridized carbons (Fsp3) is 0.0909. The minimum Gasteiger partial charge on any atom is -0.506 e. The molecule has 3 rings (SSSR count). The van der Waals surface area contributed by atoms with Crippen molar-refractivity contribution in [1.82, 2.24) is 5.43 Å². The van der Waals surface area contributed by atoms with Gasteiger partial charge in [-0.2, -0.15) is 5.10 Å². The van der Waals surface area contributed by atoms with Crippen LogP contribution in [-0.2, 0) is 0 Å². The van der Waals surface area contributed by atoms with Crippen LogP contribution in [0.1, 0.15) is 27.9 Å². The molecule has 0 bridgehead atoms. The molecule has 3 aromatic carbocycles. The molecule has 6 heteroatoms. The monoisotopic (exact) mass is 394 g/mol. The van der Waals surface area contributed by atoms with Gasteiger partial charge in [0.1, 0.15) is 5.75 Å². The number of hydrogen-bond donors (Lipinski definition) is 3. The van der Waals surface area contributed by atoms with Crippen LogP contribution in [0.25, 0.3) is 16.8 Å². The minimum absolute atomic E-state index is 0.0821. The van der Waals surface area contributed by atoms with Gasteiger partial charge >= 0.3 is 0 Å². The average Bonchev–Trinajstić information content (AvgIpc) is 2.71. The van der Waals surface area contributed by atoms with Crippen molar-refractivity contribution in [2.24, 2.45) is 5.10 Å². The van der Waals surface area contributed by atoms with Crippen molar-refractivity contribution in [3.05, 3.63) is 82.4 Å². The van der Waals surface area contributed by atoms with E-state index in [4.69, 9.17) is 16.7 Å². The summed E-state index contributed by atoms with van der Waals surface area (Å²) in [4.78, 5) is 12.2. The first-order chi connectivity index (χ1) is 13.6. The Bertz CT molecular complexity index is 1060. The first-order valence-electron chi connectivity index (χ1n) is 8.71. The van der Waals surface area contributed by atoms with E-state index in [1.54, 1.807) is 6.21 Å². The molecule has 0 aromatic heterocycles. The maximum Gasteiger partial charge on any atom is 0.271 e. The van der Waals surface area contributed by atoms with Gasteiger partial charge in [0.25, 0.3) is 5.91 Å². The number of aromatic hydroxyl groups is 1. The van der Waals surface area contributed by atoms with Crippen LogP contribution in [0.4, 0.5) is 0 Å². The van der Waals surface area contributed by atoms with Crippen molar-refractivity contribution in [2.45, 2.75) is 6.42 Å². The van der Waals surface area contributed by atoms with Gasteiger partial charge in [0, 0.05) is 17.7 Å². The number of carbonyl (C=O) groups excluding carboxylic acids is 1. The van der Waals surface area contributed by atoms with Gasteiger partial charge in [-0.1, -0.05) is 60.2 Å². The van der Waals surface area contributed by atoms with Gasteiger partial charge < -0.3 is 10.2 Å². The number of rotatable bonds is 6. The number of nitrogens with zero attached hydrogens (tertiary/aromatic N) is 1. The number of hydrogen-bond acceptors (Lipinski definition) is 4. The molecule has 0 aliphatic carbocycles. The number of halogens is 1. The van der Waals surface area contributed by atoms with Crippen LogP contribution < -0.4 is 5.43 Å². The van der Waals surface area contributed by atoms with Gasteiger partial charge in [0.05, 0.1) is 11.2 Å². The molecule has 0 atom stereocenters. The predicted molar refractivity (Wildman–Crippen MR) is 113 cm³/mol. The number of nitrogens with one attached hydrogen (secondary N) is 1. The Morgan fingerprint density at radius 2 is 1.79 bits per heavy atom. The Hall–Kier alpha value is -3.15. The van der Waals surface area contributed by atoms with E-state index in [9.17, 15) is 9.90 Å².